The van der Waals surface area contributed by atoms with Crippen LogP contribution < -0.4 is 5.32 Å². The number of carbonyl (C=O) groups excluding carboxylic acids is 1. The number of carboxylic acids is 1. The number of amides is 1. The number of hydrogen-bond donors (Lipinski definition) is 2. The van der Waals surface area contributed by atoms with E-state index in [0.29, 0.717) is 34.5 Å². The van der Waals surface area contributed by atoms with Crippen molar-refractivity contribution in [1.29, 1.82) is 0 Å². The average Bonchev–Trinajstić information content (AvgIpc) is 2.99. The highest BCUT2D eigenvalue weighted by Crippen LogP contribution is 2.24. The number of aromatic nitrogens is 2. The minimum atomic E-state index is -0.905. The SMILES string of the molecule is Cc1cc(C(=O)NC(CCC(=O)O)c2ccccc2)c2c(C)noc2n1. The van der Waals surface area contributed by atoms with Crippen LogP contribution in [-0.4, -0.2) is 27.1 Å². The molecule has 1 aromatic carbocycles. The Labute approximate surface area is 150 Å². The van der Waals surface area contributed by atoms with E-state index in [9.17, 15) is 9.59 Å². The van der Waals surface area contributed by atoms with Crippen molar-refractivity contribution in [2.45, 2.75) is 32.7 Å². The van der Waals surface area contributed by atoms with Gasteiger partial charge >= 0.3 is 5.97 Å². The van der Waals surface area contributed by atoms with Crippen LogP contribution in [0.2, 0.25) is 0 Å². The zero-order chi connectivity index (χ0) is 18.7. The number of nitrogens with zero attached hydrogens (tertiary/aromatic N) is 2. The van der Waals surface area contributed by atoms with Gasteiger partial charge in [0.2, 0.25) is 0 Å². The molecule has 7 nitrogen and oxygen atoms in total. The zero-order valence-corrected chi connectivity index (χ0v) is 14.5. The van der Waals surface area contributed by atoms with Crippen LogP contribution in [0.4, 0.5) is 0 Å². The highest BCUT2D eigenvalue weighted by atomic mass is 16.5. The lowest BCUT2D eigenvalue weighted by molar-refractivity contribution is -0.137. The summed E-state index contributed by atoms with van der Waals surface area (Å²) in [7, 11) is 0. The lowest BCUT2D eigenvalue weighted by atomic mass is 10.0. The highest BCUT2D eigenvalue weighted by molar-refractivity contribution is 6.06. The molecule has 134 valence electrons. The third-order valence-electron chi connectivity index (χ3n) is 4.14. The molecule has 2 N–H and O–H groups in total. The fraction of sp³-hybridized carbons (Fsp3) is 0.263. The van der Waals surface area contributed by atoms with Crippen molar-refractivity contribution in [2.24, 2.45) is 0 Å². The number of carbonyl (C=O) groups is 2. The van der Waals surface area contributed by atoms with Crippen molar-refractivity contribution in [2.75, 3.05) is 0 Å². The standard InChI is InChI=1S/C19H19N3O4/c1-11-10-14(17-12(2)22-26-19(17)20-11)18(25)21-15(8-9-16(23)24)13-6-4-3-5-7-13/h3-7,10,15H,8-9H2,1-2H3,(H,21,25)(H,23,24). The van der Waals surface area contributed by atoms with Crippen LogP contribution in [0.1, 0.15) is 46.2 Å². The van der Waals surface area contributed by atoms with Gasteiger partial charge in [-0.3, -0.25) is 9.59 Å². The van der Waals surface area contributed by atoms with Crippen molar-refractivity contribution in [3.8, 4) is 0 Å². The summed E-state index contributed by atoms with van der Waals surface area (Å²) >= 11 is 0. The van der Waals surface area contributed by atoms with Gasteiger partial charge in [-0.05, 0) is 31.9 Å². The third-order valence-corrected chi connectivity index (χ3v) is 4.14. The van der Waals surface area contributed by atoms with Gasteiger partial charge in [-0.15, -0.1) is 0 Å². The third kappa shape index (κ3) is 3.72. The van der Waals surface area contributed by atoms with Crippen LogP contribution in [0.5, 0.6) is 0 Å². The number of rotatable bonds is 6. The summed E-state index contributed by atoms with van der Waals surface area (Å²) in [5, 5.41) is 16.4. The second kappa shape index (κ2) is 7.35. The molecule has 0 aliphatic heterocycles. The number of aliphatic carboxylic acids is 1. The lowest BCUT2D eigenvalue weighted by Gasteiger charge is -2.19. The van der Waals surface area contributed by atoms with Gasteiger partial charge in [-0.25, -0.2) is 4.98 Å². The van der Waals surface area contributed by atoms with Crippen LogP contribution in [0.25, 0.3) is 11.1 Å². The second-order valence-electron chi connectivity index (χ2n) is 6.13. The summed E-state index contributed by atoms with van der Waals surface area (Å²) in [6.45, 7) is 3.52. The van der Waals surface area contributed by atoms with Gasteiger partial charge in [0.25, 0.3) is 11.6 Å². The molecule has 1 unspecified atom stereocenters. The van der Waals surface area contributed by atoms with Crippen molar-refractivity contribution in [3.05, 3.63) is 58.9 Å². The fourth-order valence-corrected chi connectivity index (χ4v) is 2.91. The number of pyridine rings is 1. The van der Waals surface area contributed by atoms with E-state index in [1.807, 2.05) is 30.3 Å². The first kappa shape index (κ1) is 17.6. The normalized spacial score (nSPS) is 12.1. The molecular weight excluding hydrogens is 334 g/mol. The number of aryl methyl sites for hydroxylation is 2. The van der Waals surface area contributed by atoms with E-state index < -0.39 is 12.0 Å². The maximum absolute atomic E-state index is 12.9. The van der Waals surface area contributed by atoms with Crippen LogP contribution in [0.15, 0.2) is 40.9 Å². The Morgan fingerprint density at radius 1 is 1.23 bits per heavy atom. The molecule has 3 aromatic rings. The Kier molecular flexibility index (Phi) is 4.97. The number of carboxylic acid groups (broad SMARTS) is 1. The van der Waals surface area contributed by atoms with Crippen LogP contribution >= 0.6 is 0 Å². The minimum Gasteiger partial charge on any atom is -0.481 e. The van der Waals surface area contributed by atoms with Gasteiger partial charge in [0, 0.05) is 12.1 Å². The van der Waals surface area contributed by atoms with Crippen molar-refractivity contribution >= 4 is 23.0 Å². The monoisotopic (exact) mass is 353 g/mol. The van der Waals surface area contributed by atoms with E-state index >= 15 is 0 Å². The summed E-state index contributed by atoms with van der Waals surface area (Å²) in [5.74, 6) is -1.22. The van der Waals surface area contributed by atoms with E-state index in [4.69, 9.17) is 9.63 Å². The minimum absolute atomic E-state index is 0.0447. The van der Waals surface area contributed by atoms with E-state index in [2.05, 4.69) is 15.5 Å². The molecule has 0 bridgehead atoms. The molecule has 0 aliphatic rings. The van der Waals surface area contributed by atoms with Crippen LogP contribution in [0.3, 0.4) is 0 Å². The molecule has 2 heterocycles. The summed E-state index contributed by atoms with van der Waals surface area (Å²) in [4.78, 5) is 28.2. The van der Waals surface area contributed by atoms with E-state index in [0.717, 1.165) is 5.56 Å². The Morgan fingerprint density at radius 2 is 1.96 bits per heavy atom. The molecule has 1 atom stereocenters. The van der Waals surface area contributed by atoms with E-state index in [1.54, 1.807) is 19.9 Å². The predicted molar refractivity (Wildman–Crippen MR) is 94.8 cm³/mol. The molecule has 0 fully saturated rings. The molecule has 26 heavy (non-hydrogen) atoms. The smallest absolute Gasteiger partial charge is 0.303 e. The Balaban J connectivity index is 1.93. The van der Waals surface area contributed by atoms with Gasteiger partial charge in [0.05, 0.1) is 22.7 Å². The number of fused-ring (bicyclic) bond motifs is 1. The molecule has 0 saturated heterocycles. The van der Waals surface area contributed by atoms with Gasteiger partial charge in [0.1, 0.15) is 0 Å². The van der Waals surface area contributed by atoms with Gasteiger partial charge in [-0.1, -0.05) is 35.5 Å². The number of nitrogens with one attached hydrogen (secondary N) is 1. The Bertz CT molecular complexity index is 950. The maximum Gasteiger partial charge on any atom is 0.303 e. The summed E-state index contributed by atoms with van der Waals surface area (Å²) in [6.07, 6.45) is 0.248. The second-order valence-corrected chi connectivity index (χ2v) is 6.13. The summed E-state index contributed by atoms with van der Waals surface area (Å²) in [6, 6.07) is 10.6. The molecule has 0 aliphatic carbocycles. The average molecular weight is 353 g/mol. The van der Waals surface area contributed by atoms with Crippen molar-refractivity contribution in [1.82, 2.24) is 15.5 Å². The van der Waals surface area contributed by atoms with E-state index in [-0.39, 0.29) is 12.3 Å². The molecule has 0 radical (unpaired) electrons. The molecule has 1 amide bonds. The van der Waals surface area contributed by atoms with Gasteiger partial charge in [-0.2, -0.15) is 0 Å². The fourth-order valence-electron chi connectivity index (χ4n) is 2.91. The Morgan fingerprint density at radius 3 is 2.65 bits per heavy atom. The molecule has 0 spiro atoms. The maximum atomic E-state index is 12.9. The van der Waals surface area contributed by atoms with Gasteiger partial charge < -0.3 is 14.9 Å². The largest absolute Gasteiger partial charge is 0.481 e. The Hall–Kier alpha value is -3.22. The van der Waals surface area contributed by atoms with Crippen LogP contribution in [-0.2, 0) is 4.79 Å². The number of hydrogen-bond acceptors (Lipinski definition) is 5. The highest BCUT2D eigenvalue weighted by Gasteiger charge is 2.21. The van der Waals surface area contributed by atoms with Crippen molar-refractivity contribution in [3.63, 3.8) is 0 Å². The van der Waals surface area contributed by atoms with Crippen molar-refractivity contribution < 1.29 is 19.2 Å². The van der Waals surface area contributed by atoms with Gasteiger partial charge in [0.15, 0.2) is 0 Å². The first-order valence-electron chi connectivity index (χ1n) is 8.27. The van der Waals surface area contributed by atoms with Crippen LogP contribution in [0, 0.1) is 13.8 Å². The zero-order valence-electron chi connectivity index (χ0n) is 14.5. The number of benzene rings is 1. The summed E-state index contributed by atoms with van der Waals surface area (Å²) < 4.78 is 5.17. The first-order chi connectivity index (χ1) is 12.5. The molecule has 2 aromatic heterocycles. The quantitative estimate of drug-likeness (QED) is 0.705. The topological polar surface area (TPSA) is 105 Å². The molecule has 3 rings (SSSR count). The predicted octanol–water partition coefficient (Wildman–Crippen LogP) is 3.18. The summed E-state index contributed by atoms with van der Waals surface area (Å²) in [5.41, 5.74) is 2.81. The molecular formula is C19H19N3O4. The molecule has 0 saturated carbocycles. The molecule has 7 heteroatoms. The first-order valence-corrected chi connectivity index (χ1v) is 8.27. The lowest BCUT2D eigenvalue weighted by Crippen LogP contribution is -2.29. The van der Waals surface area contributed by atoms with E-state index in [1.165, 1.54) is 0 Å².